The molecule has 1 aliphatic rings. The number of alkyl halides is 6. The molecule has 1 atom stereocenters. The fourth-order valence-electron chi connectivity index (χ4n) is 3.00. The highest BCUT2D eigenvalue weighted by atomic mass is 19.4. The van der Waals surface area contributed by atoms with Crippen LogP contribution >= 0.6 is 0 Å². The zero-order valence-corrected chi connectivity index (χ0v) is 16.6. The Bertz CT molecular complexity index is 927. The minimum absolute atomic E-state index is 0.0908. The number of halogens is 6. The number of nitrogens with zero attached hydrogens (tertiary/aromatic N) is 5. The molecule has 2 heterocycles. The molecule has 0 aliphatic carbocycles. The Hall–Kier alpha value is -2.83. The van der Waals surface area contributed by atoms with Crippen molar-refractivity contribution in [3.63, 3.8) is 0 Å². The first-order chi connectivity index (χ1) is 14.3. The van der Waals surface area contributed by atoms with E-state index in [-0.39, 0.29) is 17.7 Å². The van der Waals surface area contributed by atoms with E-state index in [0.29, 0.717) is 31.3 Å². The second-order valence-corrected chi connectivity index (χ2v) is 7.11. The van der Waals surface area contributed by atoms with Crippen LogP contribution in [0.2, 0.25) is 0 Å². The van der Waals surface area contributed by atoms with Crippen molar-refractivity contribution in [1.29, 1.82) is 0 Å². The molecular weight excluding hydrogens is 430 g/mol. The lowest BCUT2D eigenvalue weighted by atomic mass is 10.1. The Balaban J connectivity index is 1.91. The summed E-state index contributed by atoms with van der Waals surface area (Å²) >= 11 is 0. The molecule has 0 amide bonds. The van der Waals surface area contributed by atoms with Crippen LogP contribution in [0.1, 0.15) is 30.0 Å². The number of aromatic nitrogens is 3. The quantitative estimate of drug-likeness (QED) is 0.716. The lowest BCUT2D eigenvalue weighted by Gasteiger charge is -2.32. The Kier molecular flexibility index (Phi) is 6.16. The SMILES string of the molecule is CC(Oc1cc(C(F)(F)F)ccc1C(F)(F)F)c1nc(N)nc(N2CCN(C)CC2)n1. The highest BCUT2D eigenvalue weighted by Crippen LogP contribution is 2.41. The second-order valence-electron chi connectivity index (χ2n) is 7.11. The molecule has 7 nitrogen and oxygen atoms in total. The van der Waals surface area contributed by atoms with Gasteiger partial charge in [0.05, 0.1) is 11.1 Å². The molecule has 1 saturated heterocycles. The van der Waals surface area contributed by atoms with Crippen LogP contribution in [-0.4, -0.2) is 53.1 Å². The summed E-state index contributed by atoms with van der Waals surface area (Å²) in [6.45, 7) is 4.00. The Labute approximate surface area is 173 Å². The number of benzene rings is 1. The number of hydrogen-bond donors (Lipinski definition) is 1. The van der Waals surface area contributed by atoms with Crippen LogP contribution < -0.4 is 15.4 Å². The number of nitrogen functional groups attached to an aromatic ring is 1. The van der Waals surface area contributed by atoms with Crippen molar-refractivity contribution in [3.8, 4) is 5.75 Å². The third-order valence-corrected chi connectivity index (χ3v) is 4.73. The summed E-state index contributed by atoms with van der Waals surface area (Å²) in [7, 11) is 1.95. The van der Waals surface area contributed by atoms with Crippen molar-refractivity contribution in [2.75, 3.05) is 43.9 Å². The Morgan fingerprint density at radius 2 is 1.61 bits per heavy atom. The minimum Gasteiger partial charge on any atom is -0.482 e. The smallest absolute Gasteiger partial charge is 0.419 e. The molecule has 1 unspecified atom stereocenters. The van der Waals surface area contributed by atoms with Gasteiger partial charge in [0.2, 0.25) is 11.9 Å². The third kappa shape index (κ3) is 5.46. The van der Waals surface area contributed by atoms with Crippen LogP contribution in [0.15, 0.2) is 18.2 Å². The number of ether oxygens (including phenoxy) is 1. The third-order valence-electron chi connectivity index (χ3n) is 4.73. The number of likely N-dealkylation sites (N-methyl/N-ethyl adjacent to an activating group) is 1. The van der Waals surface area contributed by atoms with Gasteiger partial charge in [-0.1, -0.05) is 0 Å². The van der Waals surface area contributed by atoms with Crippen LogP contribution in [0.4, 0.5) is 38.2 Å². The predicted molar refractivity (Wildman–Crippen MR) is 99.4 cm³/mol. The molecule has 1 aromatic heterocycles. The van der Waals surface area contributed by atoms with Crippen LogP contribution in [0, 0.1) is 0 Å². The maximum Gasteiger partial charge on any atom is 0.419 e. The summed E-state index contributed by atoms with van der Waals surface area (Å²) in [6, 6.07) is 1.00. The van der Waals surface area contributed by atoms with Crippen LogP contribution in [0.25, 0.3) is 0 Å². The van der Waals surface area contributed by atoms with Gasteiger partial charge in [-0.25, -0.2) is 0 Å². The summed E-state index contributed by atoms with van der Waals surface area (Å²) in [5.74, 6) is -1.01. The number of hydrogen-bond acceptors (Lipinski definition) is 7. The van der Waals surface area contributed by atoms with E-state index >= 15 is 0 Å². The van der Waals surface area contributed by atoms with Crippen molar-refractivity contribution in [2.24, 2.45) is 0 Å². The molecule has 0 radical (unpaired) electrons. The molecular formula is C18H20F6N6O. The van der Waals surface area contributed by atoms with E-state index in [0.717, 1.165) is 13.1 Å². The van der Waals surface area contributed by atoms with Gasteiger partial charge >= 0.3 is 12.4 Å². The average molecular weight is 450 g/mol. The number of anilines is 2. The van der Waals surface area contributed by atoms with Gasteiger partial charge in [0, 0.05) is 26.2 Å². The van der Waals surface area contributed by atoms with E-state index in [4.69, 9.17) is 10.5 Å². The van der Waals surface area contributed by atoms with Crippen LogP contribution in [0.3, 0.4) is 0 Å². The molecule has 3 rings (SSSR count). The maximum absolute atomic E-state index is 13.3. The largest absolute Gasteiger partial charge is 0.482 e. The molecule has 13 heteroatoms. The lowest BCUT2D eigenvalue weighted by Crippen LogP contribution is -2.45. The van der Waals surface area contributed by atoms with Crippen molar-refractivity contribution < 1.29 is 31.1 Å². The van der Waals surface area contributed by atoms with Gasteiger partial charge < -0.3 is 20.3 Å². The molecule has 170 valence electrons. The first-order valence-corrected chi connectivity index (χ1v) is 9.24. The summed E-state index contributed by atoms with van der Waals surface area (Å²) in [4.78, 5) is 16.1. The summed E-state index contributed by atoms with van der Waals surface area (Å²) < 4.78 is 84.2. The fraction of sp³-hybridized carbons (Fsp3) is 0.500. The fourth-order valence-corrected chi connectivity index (χ4v) is 3.00. The van der Waals surface area contributed by atoms with Crippen molar-refractivity contribution in [3.05, 3.63) is 35.2 Å². The molecule has 31 heavy (non-hydrogen) atoms. The van der Waals surface area contributed by atoms with E-state index in [2.05, 4.69) is 19.9 Å². The topological polar surface area (TPSA) is 80.4 Å². The first kappa shape index (κ1) is 22.8. The number of piperazine rings is 1. The molecule has 2 N–H and O–H groups in total. The van der Waals surface area contributed by atoms with E-state index in [1.165, 1.54) is 6.92 Å². The van der Waals surface area contributed by atoms with Crippen molar-refractivity contribution in [1.82, 2.24) is 19.9 Å². The molecule has 0 spiro atoms. The van der Waals surface area contributed by atoms with Crippen LogP contribution in [0.5, 0.6) is 5.75 Å². The standard InChI is InChI=1S/C18H20F6N6O/c1-10(14-26-15(25)28-16(27-14)30-7-5-29(2)6-8-30)31-13-9-11(17(19,20)21)3-4-12(13)18(22,23)24/h3-4,9-10H,5-8H2,1-2H3,(H2,25,26,27,28). The van der Waals surface area contributed by atoms with Gasteiger partial charge in [-0.2, -0.15) is 41.3 Å². The van der Waals surface area contributed by atoms with Gasteiger partial charge in [-0.15, -0.1) is 0 Å². The normalized spacial score (nSPS) is 17.0. The number of rotatable bonds is 4. The summed E-state index contributed by atoms with van der Waals surface area (Å²) in [6.07, 6.45) is -11.0. The van der Waals surface area contributed by atoms with Crippen molar-refractivity contribution in [2.45, 2.75) is 25.4 Å². The van der Waals surface area contributed by atoms with E-state index in [1.54, 1.807) is 0 Å². The predicted octanol–water partition coefficient (Wildman–Crippen LogP) is 3.38. The summed E-state index contributed by atoms with van der Waals surface area (Å²) in [5, 5.41) is 0. The van der Waals surface area contributed by atoms with Gasteiger partial charge in [0.25, 0.3) is 0 Å². The molecule has 1 aromatic carbocycles. The van der Waals surface area contributed by atoms with Gasteiger partial charge in [-0.3, -0.25) is 0 Å². The van der Waals surface area contributed by atoms with Gasteiger partial charge in [-0.05, 0) is 32.2 Å². The highest BCUT2D eigenvalue weighted by molar-refractivity contribution is 5.41. The zero-order chi connectivity index (χ0) is 23.0. The van der Waals surface area contributed by atoms with E-state index in [1.807, 2.05) is 11.9 Å². The highest BCUT2D eigenvalue weighted by Gasteiger charge is 2.38. The van der Waals surface area contributed by atoms with Gasteiger partial charge in [0.15, 0.2) is 11.9 Å². The van der Waals surface area contributed by atoms with Gasteiger partial charge in [0.1, 0.15) is 5.75 Å². The molecule has 0 bridgehead atoms. The van der Waals surface area contributed by atoms with E-state index in [9.17, 15) is 26.3 Å². The molecule has 2 aromatic rings. The average Bonchev–Trinajstić information content (AvgIpc) is 2.66. The van der Waals surface area contributed by atoms with Crippen LogP contribution in [-0.2, 0) is 12.4 Å². The molecule has 1 aliphatic heterocycles. The maximum atomic E-state index is 13.3. The molecule has 1 fully saturated rings. The minimum atomic E-state index is -4.91. The molecule has 0 saturated carbocycles. The Morgan fingerprint density at radius 1 is 0.968 bits per heavy atom. The first-order valence-electron chi connectivity index (χ1n) is 9.24. The zero-order valence-electron chi connectivity index (χ0n) is 16.6. The Morgan fingerprint density at radius 3 is 2.19 bits per heavy atom. The van der Waals surface area contributed by atoms with E-state index < -0.39 is 35.3 Å². The number of nitrogens with two attached hydrogens (primary N) is 1. The second kappa shape index (κ2) is 8.36. The summed E-state index contributed by atoms with van der Waals surface area (Å²) in [5.41, 5.74) is 3.11. The van der Waals surface area contributed by atoms with Crippen molar-refractivity contribution >= 4 is 11.9 Å². The monoisotopic (exact) mass is 450 g/mol. The lowest BCUT2D eigenvalue weighted by molar-refractivity contribution is -0.142.